The molecule has 1 fully saturated rings. The zero-order valence-corrected chi connectivity index (χ0v) is 10.7. The van der Waals surface area contributed by atoms with Gasteiger partial charge in [0.25, 0.3) is 5.91 Å². The second-order valence-electron chi connectivity index (χ2n) is 4.57. The summed E-state index contributed by atoms with van der Waals surface area (Å²) < 4.78 is 0. The van der Waals surface area contributed by atoms with E-state index in [9.17, 15) is 4.79 Å². The van der Waals surface area contributed by atoms with Gasteiger partial charge in [-0.15, -0.1) is 0 Å². The molecule has 1 aliphatic rings. The molecule has 1 aliphatic heterocycles. The number of carbonyl (C=O) groups is 1. The average molecular weight is 253 g/mol. The van der Waals surface area contributed by atoms with Crippen LogP contribution in [0.5, 0.6) is 0 Å². The number of amides is 1. The smallest absolute Gasteiger partial charge is 0.256 e. The Morgan fingerprint density at radius 2 is 2.24 bits per heavy atom. The Kier molecular flexibility index (Phi) is 3.57. The van der Waals surface area contributed by atoms with E-state index in [1.165, 1.54) is 6.42 Å². The highest BCUT2D eigenvalue weighted by molar-refractivity contribution is 6.31. The summed E-state index contributed by atoms with van der Waals surface area (Å²) in [4.78, 5) is 14.3. The highest BCUT2D eigenvalue weighted by Crippen LogP contribution is 2.24. The first kappa shape index (κ1) is 12.2. The number of hydrogen-bond donors (Lipinski definition) is 1. The number of nitrogen functional groups attached to an aromatic ring is 1. The SMILES string of the molecule is C[C@H]1CCCCN1C(=O)c1cc(Cl)ccc1N. The second kappa shape index (κ2) is 4.96. The van der Waals surface area contributed by atoms with E-state index in [4.69, 9.17) is 17.3 Å². The topological polar surface area (TPSA) is 46.3 Å². The summed E-state index contributed by atoms with van der Waals surface area (Å²) in [5.41, 5.74) is 6.85. The molecule has 0 bridgehead atoms. The van der Waals surface area contributed by atoms with Crippen molar-refractivity contribution in [1.29, 1.82) is 0 Å². The molecule has 1 saturated heterocycles. The quantitative estimate of drug-likeness (QED) is 0.781. The average Bonchev–Trinajstić information content (AvgIpc) is 2.32. The first-order valence-electron chi connectivity index (χ1n) is 5.95. The van der Waals surface area contributed by atoms with E-state index in [-0.39, 0.29) is 11.9 Å². The van der Waals surface area contributed by atoms with E-state index in [0.717, 1.165) is 19.4 Å². The minimum Gasteiger partial charge on any atom is -0.398 e. The monoisotopic (exact) mass is 252 g/mol. The van der Waals surface area contributed by atoms with E-state index in [1.54, 1.807) is 18.2 Å². The van der Waals surface area contributed by atoms with Gasteiger partial charge in [0.1, 0.15) is 0 Å². The van der Waals surface area contributed by atoms with Gasteiger partial charge >= 0.3 is 0 Å². The van der Waals surface area contributed by atoms with Gasteiger partial charge in [-0.2, -0.15) is 0 Å². The van der Waals surface area contributed by atoms with Crippen LogP contribution in [0, 0.1) is 0 Å². The number of benzene rings is 1. The van der Waals surface area contributed by atoms with Gasteiger partial charge in [0.05, 0.1) is 5.56 Å². The fourth-order valence-electron chi connectivity index (χ4n) is 2.27. The largest absolute Gasteiger partial charge is 0.398 e. The van der Waals surface area contributed by atoms with Gasteiger partial charge in [-0.1, -0.05) is 11.6 Å². The maximum Gasteiger partial charge on any atom is 0.256 e. The van der Waals surface area contributed by atoms with E-state index < -0.39 is 0 Å². The summed E-state index contributed by atoms with van der Waals surface area (Å²) in [6, 6.07) is 5.33. The van der Waals surface area contributed by atoms with Crippen molar-refractivity contribution in [2.45, 2.75) is 32.2 Å². The Hall–Kier alpha value is -1.22. The van der Waals surface area contributed by atoms with Crippen molar-refractivity contribution < 1.29 is 4.79 Å². The maximum atomic E-state index is 12.4. The van der Waals surface area contributed by atoms with Crippen LogP contribution in [0.15, 0.2) is 18.2 Å². The van der Waals surface area contributed by atoms with Gasteiger partial charge in [0.15, 0.2) is 0 Å². The first-order valence-corrected chi connectivity index (χ1v) is 6.33. The molecule has 0 radical (unpaired) electrons. The lowest BCUT2D eigenvalue weighted by Gasteiger charge is -2.33. The molecule has 1 heterocycles. The molecule has 2 rings (SSSR count). The van der Waals surface area contributed by atoms with Gasteiger partial charge in [-0.05, 0) is 44.4 Å². The van der Waals surface area contributed by atoms with E-state index in [1.807, 2.05) is 4.90 Å². The number of carbonyl (C=O) groups excluding carboxylic acids is 1. The van der Waals surface area contributed by atoms with Gasteiger partial charge < -0.3 is 10.6 Å². The molecule has 0 spiro atoms. The molecule has 1 aromatic rings. The first-order chi connectivity index (χ1) is 8.09. The number of halogens is 1. The van der Waals surface area contributed by atoms with Crippen molar-refractivity contribution in [2.24, 2.45) is 0 Å². The van der Waals surface area contributed by atoms with Crippen molar-refractivity contribution in [3.63, 3.8) is 0 Å². The zero-order chi connectivity index (χ0) is 12.4. The second-order valence-corrected chi connectivity index (χ2v) is 5.01. The summed E-state index contributed by atoms with van der Waals surface area (Å²) in [5.74, 6) is -0.00259. The Morgan fingerprint density at radius 1 is 1.47 bits per heavy atom. The molecule has 92 valence electrons. The molecule has 0 aromatic heterocycles. The lowest BCUT2D eigenvalue weighted by atomic mass is 10.0. The molecule has 3 nitrogen and oxygen atoms in total. The Balaban J connectivity index is 2.26. The summed E-state index contributed by atoms with van der Waals surface area (Å²) in [7, 11) is 0. The third-order valence-corrected chi connectivity index (χ3v) is 3.54. The molecule has 4 heteroatoms. The highest BCUT2D eigenvalue weighted by atomic mass is 35.5. The summed E-state index contributed by atoms with van der Waals surface area (Å²) in [6.07, 6.45) is 3.32. The van der Waals surface area contributed by atoms with Crippen LogP contribution < -0.4 is 5.73 Å². The standard InChI is InChI=1S/C13H17ClN2O/c1-9-4-2-3-7-16(9)13(17)11-8-10(14)5-6-12(11)15/h5-6,8-9H,2-4,7,15H2,1H3/t9-/m0/s1. The number of likely N-dealkylation sites (tertiary alicyclic amines) is 1. The van der Waals surface area contributed by atoms with Crippen molar-refractivity contribution >= 4 is 23.2 Å². The van der Waals surface area contributed by atoms with Crippen molar-refractivity contribution in [2.75, 3.05) is 12.3 Å². The number of rotatable bonds is 1. The molecule has 0 aliphatic carbocycles. The van der Waals surface area contributed by atoms with Gasteiger partial charge in [0, 0.05) is 23.3 Å². The van der Waals surface area contributed by atoms with Gasteiger partial charge in [-0.3, -0.25) is 4.79 Å². The maximum absolute atomic E-state index is 12.4. The number of nitrogens with zero attached hydrogens (tertiary/aromatic N) is 1. The van der Waals surface area contributed by atoms with Crippen LogP contribution in [0.3, 0.4) is 0 Å². The third kappa shape index (κ3) is 2.55. The minimum absolute atomic E-state index is 0.00259. The predicted octanol–water partition coefficient (Wildman–Crippen LogP) is 2.94. The minimum atomic E-state index is -0.00259. The molecular formula is C13H17ClN2O. The Labute approximate surface area is 107 Å². The summed E-state index contributed by atoms with van der Waals surface area (Å²) in [5, 5.41) is 0.548. The van der Waals surface area contributed by atoms with E-state index in [2.05, 4.69) is 6.92 Å². The fourth-order valence-corrected chi connectivity index (χ4v) is 2.44. The molecule has 1 aromatic carbocycles. The van der Waals surface area contributed by atoms with Crippen LogP contribution in [0.4, 0.5) is 5.69 Å². The Bertz CT molecular complexity index is 433. The third-order valence-electron chi connectivity index (χ3n) is 3.31. The fraction of sp³-hybridized carbons (Fsp3) is 0.462. The molecular weight excluding hydrogens is 236 g/mol. The summed E-state index contributed by atoms with van der Waals surface area (Å²) in [6.45, 7) is 2.89. The van der Waals surface area contributed by atoms with Crippen LogP contribution in [-0.4, -0.2) is 23.4 Å². The number of piperidine rings is 1. The van der Waals surface area contributed by atoms with Gasteiger partial charge in [0.2, 0.25) is 0 Å². The van der Waals surface area contributed by atoms with Crippen LogP contribution >= 0.6 is 11.6 Å². The molecule has 17 heavy (non-hydrogen) atoms. The molecule has 1 amide bonds. The molecule has 0 saturated carbocycles. The molecule has 0 unspecified atom stereocenters. The highest BCUT2D eigenvalue weighted by Gasteiger charge is 2.25. The van der Waals surface area contributed by atoms with Crippen LogP contribution in [0.25, 0.3) is 0 Å². The lowest BCUT2D eigenvalue weighted by molar-refractivity contribution is 0.0637. The lowest BCUT2D eigenvalue weighted by Crippen LogP contribution is -2.42. The number of nitrogens with two attached hydrogens (primary N) is 1. The normalized spacial score (nSPS) is 20.4. The van der Waals surface area contributed by atoms with E-state index >= 15 is 0 Å². The van der Waals surface area contributed by atoms with Crippen LogP contribution in [0.1, 0.15) is 36.5 Å². The van der Waals surface area contributed by atoms with Crippen LogP contribution in [-0.2, 0) is 0 Å². The summed E-state index contributed by atoms with van der Waals surface area (Å²) >= 11 is 5.91. The molecule has 1 atom stereocenters. The van der Waals surface area contributed by atoms with Crippen LogP contribution in [0.2, 0.25) is 5.02 Å². The van der Waals surface area contributed by atoms with Gasteiger partial charge in [-0.25, -0.2) is 0 Å². The zero-order valence-electron chi connectivity index (χ0n) is 9.95. The van der Waals surface area contributed by atoms with Crippen molar-refractivity contribution in [3.05, 3.63) is 28.8 Å². The van der Waals surface area contributed by atoms with Crippen molar-refractivity contribution in [1.82, 2.24) is 4.90 Å². The number of hydrogen-bond acceptors (Lipinski definition) is 2. The van der Waals surface area contributed by atoms with E-state index in [0.29, 0.717) is 16.3 Å². The van der Waals surface area contributed by atoms with Crippen molar-refractivity contribution in [3.8, 4) is 0 Å². The Morgan fingerprint density at radius 3 is 2.94 bits per heavy atom. The number of anilines is 1. The molecule has 2 N–H and O–H groups in total. The predicted molar refractivity (Wildman–Crippen MR) is 70.2 cm³/mol.